The first-order valence-corrected chi connectivity index (χ1v) is 17.1. The third-order valence-corrected chi connectivity index (χ3v) is 10.5. The Morgan fingerprint density at radius 3 is 1.64 bits per heavy atom. The molecule has 2 heterocycles. The smallest absolute Gasteiger partial charge is 0.137 e. The molecule has 1 aliphatic carbocycles. The van der Waals surface area contributed by atoms with E-state index in [2.05, 4.69) is 120 Å². The second-order valence-electron chi connectivity index (χ2n) is 13.2. The van der Waals surface area contributed by atoms with E-state index in [1.807, 2.05) is 24.3 Å². The summed E-state index contributed by atoms with van der Waals surface area (Å²) in [5.41, 5.74) is 9.74. The fourth-order valence-corrected chi connectivity index (χ4v) is 8.09. The molecule has 2 aromatic heterocycles. The minimum absolute atomic E-state index is 0.0346. The Labute approximate surface area is 275 Å². The average Bonchev–Trinajstić information content (AvgIpc) is 3.67. The van der Waals surface area contributed by atoms with Crippen molar-refractivity contribution in [2.45, 2.75) is 50.4 Å². The van der Waals surface area contributed by atoms with E-state index in [4.69, 9.17) is 8.83 Å². The van der Waals surface area contributed by atoms with Gasteiger partial charge < -0.3 is 13.7 Å². The Balaban J connectivity index is 1.20. The van der Waals surface area contributed by atoms with Gasteiger partial charge in [0.15, 0.2) is 0 Å². The van der Waals surface area contributed by atoms with Gasteiger partial charge in [0.2, 0.25) is 0 Å². The van der Waals surface area contributed by atoms with Crippen LogP contribution in [0.4, 0.5) is 17.1 Å². The molecule has 230 valence electrons. The molecule has 0 N–H and O–H groups in total. The fraction of sp³-hybridized carbons (Fsp3) is 0.182. The van der Waals surface area contributed by atoms with E-state index >= 15 is 0 Å². The highest BCUT2D eigenvalue weighted by atomic mass is 16.3. The van der Waals surface area contributed by atoms with E-state index in [0.29, 0.717) is 0 Å². The van der Waals surface area contributed by atoms with Crippen LogP contribution in [0.15, 0.2) is 148 Å². The van der Waals surface area contributed by atoms with Crippen molar-refractivity contribution < 1.29 is 8.83 Å². The third kappa shape index (κ3) is 4.80. The van der Waals surface area contributed by atoms with Gasteiger partial charge in [0.25, 0.3) is 0 Å². The van der Waals surface area contributed by atoms with Crippen LogP contribution in [0, 0.1) is 0 Å². The molecule has 0 radical (unpaired) electrons. The van der Waals surface area contributed by atoms with Crippen molar-refractivity contribution in [3.05, 3.63) is 151 Å². The highest BCUT2D eigenvalue weighted by Gasteiger charge is 2.34. The lowest BCUT2D eigenvalue weighted by atomic mass is 9.67. The van der Waals surface area contributed by atoms with E-state index in [-0.39, 0.29) is 5.41 Å². The fourth-order valence-electron chi connectivity index (χ4n) is 8.09. The summed E-state index contributed by atoms with van der Waals surface area (Å²) in [7, 11) is 0. The Kier molecular flexibility index (Phi) is 6.85. The zero-order valence-electron chi connectivity index (χ0n) is 26.5. The molecule has 0 spiro atoms. The molecule has 3 heteroatoms. The molecule has 3 nitrogen and oxygen atoms in total. The second kappa shape index (κ2) is 11.5. The third-order valence-electron chi connectivity index (χ3n) is 10.5. The molecule has 0 saturated heterocycles. The largest absolute Gasteiger partial charge is 0.456 e. The molecule has 0 amide bonds. The Morgan fingerprint density at radius 1 is 0.383 bits per heavy atom. The van der Waals surface area contributed by atoms with Crippen LogP contribution in [0.5, 0.6) is 0 Å². The van der Waals surface area contributed by atoms with Gasteiger partial charge in [-0.15, -0.1) is 0 Å². The van der Waals surface area contributed by atoms with E-state index < -0.39 is 0 Å². The predicted molar refractivity (Wildman–Crippen MR) is 195 cm³/mol. The van der Waals surface area contributed by atoms with Crippen molar-refractivity contribution in [2.24, 2.45) is 0 Å². The van der Waals surface area contributed by atoms with Crippen LogP contribution in [-0.2, 0) is 5.41 Å². The normalized spacial score (nSPS) is 15.2. The molecule has 1 saturated carbocycles. The highest BCUT2D eigenvalue weighted by molar-refractivity contribution is 6.08. The first-order valence-electron chi connectivity index (χ1n) is 17.1. The Morgan fingerprint density at radius 2 is 0.894 bits per heavy atom. The zero-order chi connectivity index (χ0) is 31.2. The summed E-state index contributed by atoms with van der Waals surface area (Å²) in [6.45, 7) is 0. The molecule has 8 aromatic rings. The number of nitrogens with zero attached hydrogens (tertiary/aromatic N) is 1. The summed E-state index contributed by atoms with van der Waals surface area (Å²) < 4.78 is 12.6. The Hall–Kier alpha value is -5.28. The first kappa shape index (κ1) is 28.0. The average molecular weight is 612 g/mol. The van der Waals surface area contributed by atoms with Gasteiger partial charge in [-0.3, -0.25) is 0 Å². The molecule has 0 atom stereocenters. The maximum atomic E-state index is 6.37. The molecule has 0 bridgehead atoms. The zero-order valence-corrected chi connectivity index (χ0v) is 26.5. The molecular formula is C44H37NO2. The molecule has 1 aliphatic rings. The minimum atomic E-state index is 0.0346. The van der Waals surface area contributed by atoms with Crippen LogP contribution in [0.3, 0.4) is 0 Å². The quantitative estimate of drug-likeness (QED) is 0.194. The van der Waals surface area contributed by atoms with Crippen molar-refractivity contribution in [1.82, 2.24) is 0 Å². The molecule has 47 heavy (non-hydrogen) atoms. The van der Waals surface area contributed by atoms with Gasteiger partial charge in [-0.25, -0.2) is 0 Å². The Bertz CT molecular complexity index is 2340. The molecule has 0 aliphatic heterocycles. The second-order valence-corrected chi connectivity index (χ2v) is 13.2. The van der Waals surface area contributed by atoms with Gasteiger partial charge in [-0.2, -0.15) is 0 Å². The number of hydrogen-bond acceptors (Lipinski definition) is 3. The van der Waals surface area contributed by atoms with Crippen molar-refractivity contribution in [3.8, 4) is 0 Å². The molecular weight excluding hydrogens is 574 g/mol. The van der Waals surface area contributed by atoms with Crippen LogP contribution in [0.25, 0.3) is 43.9 Å². The van der Waals surface area contributed by atoms with Crippen LogP contribution in [-0.4, -0.2) is 0 Å². The van der Waals surface area contributed by atoms with Gasteiger partial charge in [0.05, 0.1) is 0 Å². The van der Waals surface area contributed by atoms with E-state index in [1.165, 1.54) is 56.1 Å². The molecule has 0 unspecified atom stereocenters. The molecule has 9 rings (SSSR count). The van der Waals surface area contributed by atoms with Gasteiger partial charge in [0, 0.05) is 50.1 Å². The predicted octanol–water partition coefficient (Wildman–Crippen LogP) is 13.0. The summed E-state index contributed by atoms with van der Waals surface area (Å²) in [4.78, 5) is 2.35. The number of para-hydroxylation sites is 2. The van der Waals surface area contributed by atoms with Crippen molar-refractivity contribution in [3.63, 3.8) is 0 Å². The monoisotopic (exact) mass is 611 g/mol. The van der Waals surface area contributed by atoms with Gasteiger partial charge in [0.1, 0.15) is 22.3 Å². The highest BCUT2D eigenvalue weighted by Crippen LogP contribution is 2.45. The van der Waals surface area contributed by atoms with E-state index in [0.717, 1.165) is 60.9 Å². The van der Waals surface area contributed by atoms with Crippen LogP contribution < -0.4 is 4.90 Å². The summed E-state index contributed by atoms with van der Waals surface area (Å²) in [6, 6.07) is 50.3. The lowest BCUT2D eigenvalue weighted by Gasteiger charge is -2.37. The molecule has 1 fully saturated rings. The van der Waals surface area contributed by atoms with Gasteiger partial charge in [-0.1, -0.05) is 111 Å². The number of fused-ring (bicyclic) bond motifs is 6. The molecule has 6 aromatic carbocycles. The number of benzene rings is 6. The van der Waals surface area contributed by atoms with Crippen molar-refractivity contribution >= 4 is 60.9 Å². The maximum absolute atomic E-state index is 6.37. The van der Waals surface area contributed by atoms with Gasteiger partial charge >= 0.3 is 0 Å². The number of hydrogen-bond donors (Lipinski definition) is 0. The van der Waals surface area contributed by atoms with Crippen LogP contribution in [0.2, 0.25) is 0 Å². The van der Waals surface area contributed by atoms with Crippen LogP contribution >= 0.6 is 0 Å². The minimum Gasteiger partial charge on any atom is -0.456 e. The van der Waals surface area contributed by atoms with E-state index in [9.17, 15) is 0 Å². The summed E-state index contributed by atoms with van der Waals surface area (Å²) in [6.07, 6.45) is 8.88. The lowest BCUT2D eigenvalue weighted by molar-refractivity contribution is 0.366. The SMILES string of the molecule is c1ccc(C2(c3ccc(N(c4ccc5c(c4)oc4ccccc45)c4ccc5oc6ccccc6c5c4)cc3)CCCCCCC2)cc1. The number of rotatable bonds is 5. The summed E-state index contributed by atoms with van der Waals surface area (Å²) in [5.74, 6) is 0. The maximum Gasteiger partial charge on any atom is 0.137 e. The van der Waals surface area contributed by atoms with Crippen molar-refractivity contribution in [1.29, 1.82) is 0 Å². The summed E-state index contributed by atoms with van der Waals surface area (Å²) >= 11 is 0. The van der Waals surface area contributed by atoms with Crippen LogP contribution in [0.1, 0.15) is 56.1 Å². The topological polar surface area (TPSA) is 29.5 Å². The first-order chi connectivity index (χ1) is 23.3. The van der Waals surface area contributed by atoms with E-state index in [1.54, 1.807) is 0 Å². The van der Waals surface area contributed by atoms with Gasteiger partial charge in [-0.05, 0) is 78.6 Å². The standard InChI is InChI=1S/C44H37NO2/c1-2-11-27-44(28-12-3-1,31-13-5-4-6-14-31)32-19-21-33(22-20-32)45(34-24-26-42-39(29-34)37-16-8-10-18-41(37)46-42)35-23-25-38-36-15-7-9-17-40(36)47-43(38)30-35/h4-10,13-26,29-30H,1-3,11-12,27-28H2. The van der Waals surface area contributed by atoms with Crippen molar-refractivity contribution in [2.75, 3.05) is 4.90 Å². The number of furan rings is 2. The summed E-state index contributed by atoms with van der Waals surface area (Å²) in [5, 5.41) is 4.51. The lowest BCUT2D eigenvalue weighted by Crippen LogP contribution is -2.29. The number of anilines is 3.